The summed E-state index contributed by atoms with van der Waals surface area (Å²) in [5.41, 5.74) is 0.728. The van der Waals surface area contributed by atoms with Crippen LogP contribution in [0.1, 0.15) is 31.7 Å². The number of nitrogens with one attached hydrogen (secondary N) is 1. The number of fused-ring (bicyclic) bond motifs is 1. The summed E-state index contributed by atoms with van der Waals surface area (Å²) in [5, 5.41) is 3.33. The number of hydrogen-bond acceptors (Lipinski definition) is 4. The maximum absolute atomic E-state index is 12.5. The van der Waals surface area contributed by atoms with Crippen LogP contribution >= 0.6 is 0 Å². The van der Waals surface area contributed by atoms with Crippen molar-refractivity contribution in [3.8, 4) is 11.5 Å². The molecule has 19 heavy (non-hydrogen) atoms. The molecule has 1 aromatic carbocycles. The highest BCUT2D eigenvalue weighted by atomic mass is 16.7. The Morgan fingerprint density at radius 3 is 2.74 bits per heavy atom. The highest BCUT2D eigenvalue weighted by molar-refractivity contribution is 5.90. The Kier molecular flexibility index (Phi) is 3.19. The zero-order valence-electron chi connectivity index (χ0n) is 11.2. The van der Waals surface area contributed by atoms with E-state index in [9.17, 15) is 4.79 Å². The number of ether oxygens (including phenoxy) is 2. The summed E-state index contributed by atoms with van der Waals surface area (Å²) < 4.78 is 10.8. The summed E-state index contributed by atoms with van der Waals surface area (Å²) in [4.78, 5) is 12.5. The Hall–Kier alpha value is -1.55. The number of rotatable bonds is 3. The van der Waals surface area contributed by atoms with E-state index in [1.807, 2.05) is 25.1 Å². The topological polar surface area (TPSA) is 47.6 Å². The van der Waals surface area contributed by atoms with Crippen LogP contribution < -0.4 is 14.8 Å². The van der Waals surface area contributed by atoms with Crippen LogP contribution in [0.3, 0.4) is 0 Å². The van der Waals surface area contributed by atoms with Crippen molar-refractivity contribution in [3.63, 3.8) is 0 Å². The molecule has 0 unspecified atom stereocenters. The van der Waals surface area contributed by atoms with E-state index in [1.54, 1.807) is 0 Å². The number of ketones is 1. The zero-order chi connectivity index (χ0) is 13.3. The third kappa shape index (κ3) is 2.00. The third-order valence-corrected chi connectivity index (χ3v) is 4.24. The van der Waals surface area contributed by atoms with Crippen LogP contribution in [-0.4, -0.2) is 25.7 Å². The summed E-state index contributed by atoms with van der Waals surface area (Å²) >= 11 is 0. The van der Waals surface area contributed by atoms with E-state index in [0.29, 0.717) is 12.2 Å². The van der Waals surface area contributed by atoms with Crippen molar-refractivity contribution in [3.05, 3.63) is 23.8 Å². The zero-order valence-corrected chi connectivity index (χ0v) is 11.2. The molecule has 1 saturated heterocycles. The first-order chi connectivity index (χ1) is 9.26. The molecule has 4 nitrogen and oxygen atoms in total. The van der Waals surface area contributed by atoms with Crippen molar-refractivity contribution >= 4 is 5.78 Å². The Morgan fingerprint density at radius 2 is 2.00 bits per heavy atom. The molecule has 0 radical (unpaired) electrons. The van der Waals surface area contributed by atoms with E-state index in [0.717, 1.165) is 43.0 Å². The maximum Gasteiger partial charge on any atom is 0.231 e. The molecule has 102 valence electrons. The lowest BCUT2D eigenvalue weighted by molar-refractivity contribution is -0.125. The Balaban J connectivity index is 2.02. The smallest absolute Gasteiger partial charge is 0.231 e. The first kappa shape index (κ1) is 12.5. The van der Waals surface area contributed by atoms with Crippen LogP contribution in [0.4, 0.5) is 0 Å². The van der Waals surface area contributed by atoms with Crippen molar-refractivity contribution in [2.24, 2.45) is 0 Å². The number of piperidine rings is 1. The molecular formula is C15H19NO3. The molecule has 2 aliphatic heterocycles. The van der Waals surface area contributed by atoms with Gasteiger partial charge < -0.3 is 14.8 Å². The standard InChI is InChI=1S/C15H19NO3/c1-2-14(17)15(5-7-16-8-6-15)11-3-4-12-13(9-11)19-10-18-12/h3-4,9,16H,2,5-8,10H2,1H3. The third-order valence-electron chi connectivity index (χ3n) is 4.24. The van der Waals surface area contributed by atoms with Crippen molar-refractivity contribution < 1.29 is 14.3 Å². The van der Waals surface area contributed by atoms with Crippen molar-refractivity contribution in [1.29, 1.82) is 0 Å². The molecule has 0 saturated carbocycles. The second-order valence-corrected chi connectivity index (χ2v) is 5.18. The monoisotopic (exact) mass is 261 g/mol. The fraction of sp³-hybridized carbons (Fsp3) is 0.533. The van der Waals surface area contributed by atoms with E-state index in [4.69, 9.17) is 9.47 Å². The lowest BCUT2D eigenvalue weighted by Gasteiger charge is -2.36. The van der Waals surface area contributed by atoms with Crippen LogP contribution in [0.25, 0.3) is 0 Å². The summed E-state index contributed by atoms with van der Waals surface area (Å²) in [5.74, 6) is 1.86. The molecule has 1 N–H and O–H groups in total. The van der Waals surface area contributed by atoms with Gasteiger partial charge in [-0.25, -0.2) is 0 Å². The normalized spacial score (nSPS) is 20.3. The largest absolute Gasteiger partial charge is 0.454 e. The van der Waals surface area contributed by atoms with Crippen molar-refractivity contribution in [1.82, 2.24) is 5.32 Å². The summed E-state index contributed by atoms with van der Waals surface area (Å²) in [6, 6.07) is 5.93. The lowest BCUT2D eigenvalue weighted by Crippen LogP contribution is -2.45. The minimum absolute atomic E-state index is 0.273. The molecular weight excluding hydrogens is 242 g/mol. The predicted octanol–water partition coefficient (Wildman–Crippen LogP) is 2.02. The molecule has 0 bridgehead atoms. The van der Waals surface area contributed by atoms with Gasteiger partial charge in [-0.1, -0.05) is 13.0 Å². The van der Waals surface area contributed by atoms with Gasteiger partial charge in [0.2, 0.25) is 6.79 Å². The average molecular weight is 261 g/mol. The highest BCUT2D eigenvalue weighted by Crippen LogP contribution is 2.41. The average Bonchev–Trinajstić information content (AvgIpc) is 2.94. The van der Waals surface area contributed by atoms with Gasteiger partial charge >= 0.3 is 0 Å². The molecule has 0 spiro atoms. The van der Waals surface area contributed by atoms with Crippen LogP contribution in [0.2, 0.25) is 0 Å². The van der Waals surface area contributed by atoms with E-state index >= 15 is 0 Å². The lowest BCUT2D eigenvalue weighted by atomic mass is 9.69. The van der Waals surface area contributed by atoms with Crippen LogP contribution in [0.15, 0.2) is 18.2 Å². The number of Topliss-reactive ketones (excluding diaryl/α,β-unsaturated/α-hetero) is 1. The van der Waals surface area contributed by atoms with Crippen molar-refractivity contribution in [2.45, 2.75) is 31.6 Å². The van der Waals surface area contributed by atoms with Crippen LogP contribution in [0.5, 0.6) is 11.5 Å². The Labute approximate surface area is 113 Å². The highest BCUT2D eigenvalue weighted by Gasteiger charge is 2.40. The van der Waals surface area contributed by atoms with Gasteiger partial charge in [0, 0.05) is 6.42 Å². The second-order valence-electron chi connectivity index (χ2n) is 5.18. The molecule has 2 heterocycles. The summed E-state index contributed by atoms with van der Waals surface area (Å²) in [6.45, 7) is 3.99. The predicted molar refractivity (Wildman–Crippen MR) is 71.6 cm³/mol. The number of carbonyl (C=O) groups is 1. The van der Waals surface area contributed by atoms with E-state index < -0.39 is 0 Å². The molecule has 3 rings (SSSR count). The quantitative estimate of drug-likeness (QED) is 0.904. The fourth-order valence-electron chi connectivity index (χ4n) is 3.11. The van der Waals surface area contributed by atoms with Crippen LogP contribution in [-0.2, 0) is 10.2 Å². The Bertz CT molecular complexity index is 492. The SMILES string of the molecule is CCC(=O)C1(c2ccc3c(c2)OCO3)CCNCC1. The fourth-order valence-corrected chi connectivity index (χ4v) is 3.11. The second kappa shape index (κ2) is 4.85. The van der Waals surface area contributed by atoms with Gasteiger partial charge in [0.05, 0.1) is 5.41 Å². The maximum atomic E-state index is 12.5. The summed E-state index contributed by atoms with van der Waals surface area (Å²) in [6.07, 6.45) is 2.30. The molecule has 0 aliphatic carbocycles. The van der Waals surface area contributed by atoms with Crippen molar-refractivity contribution in [2.75, 3.05) is 19.9 Å². The molecule has 0 aromatic heterocycles. The molecule has 0 amide bonds. The first-order valence-corrected chi connectivity index (χ1v) is 6.90. The minimum atomic E-state index is -0.346. The van der Waals surface area contributed by atoms with Gasteiger partial charge in [0.15, 0.2) is 11.5 Å². The molecule has 1 fully saturated rings. The summed E-state index contributed by atoms with van der Waals surface area (Å²) in [7, 11) is 0. The van der Waals surface area contributed by atoms with E-state index in [2.05, 4.69) is 5.32 Å². The van der Waals surface area contributed by atoms with Gasteiger partial charge in [-0.15, -0.1) is 0 Å². The van der Waals surface area contributed by atoms with Gasteiger partial charge in [0.25, 0.3) is 0 Å². The van der Waals surface area contributed by atoms with Gasteiger partial charge in [-0.05, 0) is 43.6 Å². The number of hydrogen-bond donors (Lipinski definition) is 1. The molecule has 2 aliphatic rings. The Morgan fingerprint density at radius 1 is 1.26 bits per heavy atom. The van der Waals surface area contributed by atoms with Gasteiger partial charge in [0.1, 0.15) is 5.78 Å². The van der Waals surface area contributed by atoms with E-state index in [1.165, 1.54) is 0 Å². The molecule has 0 atom stereocenters. The van der Waals surface area contributed by atoms with Crippen LogP contribution in [0, 0.1) is 0 Å². The first-order valence-electron chi connectivity index (χ1n) is 6.90. The molecule has 4 heteroatoms. The number of benzene rings is 1. The number of carbonyl (C=O) groups excluding carboxylic acids is 1. The minimum Gasteiger partial charge on any atom is -0.454 e. The van der Waals surface area contributed by atoms with E-state index in [-0.39, 0.29) is 12.2 Å². The molecule has 1 aromatic rings. The van der Waals surface area contributed by atoms with Gasteiger partial charge in [-0.3, -0.25) is 4.79 Å². The van der Waals surface area contributed by atoms with Gasteiger partial charge in [-0.2, -0.15) is 0 Å².